The van der Waals surface area contributed by atoms with Crippen LogP contribution in [0.4, 0.5) is 0 Å². The van der Waals surface area contributed by atoms with E-state index in [1.54, 1.807) is 62.7 Å². The second-order valence-electron chi connectivity index (χ2n) is 8.19. The van der Waals surface area contributed by atoms with Crippen LogP contribution in [-0.4, -0.2) is 28.5 Å². The number of nitrogens with zero attached hydrogens (tertiary/aromatic N) is 1. The van der Waals surface area contributed by atoms with E-state index in [1.165, 1.54) is 16.7 Å². The van der Waals surface area contributed by atoms with Crippen molar-refractivity contribution in [2.24, 2.45) is 7.05 Å². The summed E-state index contributed by atoms with van der Waals surface area (Å²) in [7, 11) is 3.19. The van der Waals surface area contributed by atoms with Gasteiger partial charge in [0.25, 0.3) is 5.56 Å². The van der Waals surface area contributed by atoms with Crippen molar-refractivity contribution >= 4 is 22.7 Å². The smallest absolute Gasteiger partial charge is 0.312 e. The molecule has 3 aromatic carbocycles. The van der Waals surface area contributed by atoms with E-state index in [4.69, 9.17) is 9.47 Å². The highest BCUT2D eigenvalue weighted by atomic mass is 16.5. The summed E-state index contributed by atoms with van der Waals surface area (Å²) >= 11 is 0. The number of carbonyl (C=O) groups is 2. The molecule has 4 aromatic rings. The molecule has 1 N–H and O–H groups in total. The highest BCUT2D eigenvalue weighted by molar-refractivity contribution is 6.11. The number of hydrogen-bond acceptors (Lipinski definition) is 6. The second-order valence-corrected chi connectivity index (χ2v) is 8.19. The summed E-state index contributed by atoms with van der Waals surface area (Å²) < 4.78 is 12.1. The number of pyridine rings is 1. The summed E-state index contributed by atoms with van der Waals surface area (Å²) in [5, 5.41) is 12.0. The molecule has 7 heteroatoms. The Labute approximate surface area is 194 Å². The van der Waals surface area contributed by atoms with Gasteiger partial charge in [0.2, 0.25) is 0 Å². The lowest BCUT2D eigenvalue weighted by molar-refractivity contribution is -0.135. The molecule has 0 saturated carbocycles. The van der Waals surface area contributed by atoms with Crippen LogP contribution in [0.2, 0.25) is 0 Å². The predicted molar refractivity (Wildman–Crippen MR) is 126 cm³/mol. The standard InChI is InChI=1S/C27H21NO6/c1-28-21-13-17(33-2)9-8-16(21)12-20(27(28)32)19-14-23(29)34-22-11-10-18(26(31)24(19)22)25(30)15-6-4-3-5-7-15/h3-13,19,31H,14H2,1-2H3. The minimum absolute atomic E-state index is 0.0789. The van der Waals surface area contributed by atoms with Crippen LogP contribution in [0.25, 0.3) is 10.9 Å². The number of ketones is 1. The molecule has 34 heavy (non-hydrogen) atoms. The molecule has 0 aliphatic carbocycles. The molecule has 1 unspecified atom stereocenters. The van der Waals surface area contributed by atoms with Crippen molar-refractivity contribution in [2.45, 2.75) is 12.3 Å². The van der Waals surface area contributed by atoms with Crippen LogP contribution in [0.5, 0.6) is 17.2 Å². The Morgan fingerprint density at radius 2 is 1.82 bits per heavy atom. The molecule has 170 valence electrons. The number of phenols is 1. The molecular weight excluding hydrogens is 434 g/mol. The minimum atomic E-state index is -0.773. The predicted octanol–water partition coefficient (Wildman–Crippen LogP) is 3.92. The molecule has 1 atom stereocenters. The summed E-state index contributed by atoms with van der Waals surface area (Å²) in [6, 6.07) is 18.6. The van der Waals surface area contributed by atoms with E-state index < -0.39 is 11.9 Å². The highest BCUT2D eigenvalue weighted by Gasteiger charge is 2.35. The Morgan fingerprint density at radius 1 is 1.06 bits per heavy atom. The molecule has 0 saturated heterocycles. The van der Waals surface area contributed by atoms with Crippen molar-refractivity contribution in [3.05, 3.63) is 99.3 Å². The molecule has 1 aromatic heterocycles. The van der Waals surface area contributed by atoms with Crippen LogP contribution in [0.1, 0.15) is 39.4 Å². The van der Waals surface area contributed by atoms with Gasteiger partial charge in [0.15, 0.2) is 5.78 Å². The maximum absolute atomic E-state index is 13.4. The van der Waals surface area contributed by atoms with E-state index in [0.717, 1.165) is 5.39 Å². The number of ether oxygens (including phenoxy) is 2. The number of esters is 1. The average Bonchev–Trinajstić information content (AvgIpc) is 2.85. The number of rotatable bonds is 4. The van der Waals surface area contributed by atoms with Gasteiger partial charge in [-0.2, -0.15) is 0 Å². The normalized spacial score (nSPS) is 15.0. The van der Waals surface area contributed by atoms with Gasteiger partial charge in [-0.3, -0.25) is 14.4 Å². The number of benzene rings is 3. The zero-order chi connectivity index (χ0) is 24.0. The number of phenolic OH excluding ortho intramolecular Hbond substituents is 1. The van der Waals surface area contributed by atoms with Crippen molar-refractivity contribution in [3.63, 3.8) is 0 Å². The summed E-state index contributed by atoms with van der Waals surface area (Å²) in [5.41, 5.74) is 1.44. The lowest BCUT2D eigenvalue weighted by Gasteiger charge is -2.26. The van der Waals surface area contributed by atoms with Crippen molar-refractivity contribution in [1.29, 1.82) is 0 Å². The van der Waals surface area contributed by atoms with Crippen LogP contribution >= 0.6 is 0 Å². The summed E-state index contributed by atoms with van der Waals surface area (Å²) in [6.07, 6.45) is -0.138. The summed E-state index contributed by atoms with van der Waals surface area (Å²) in [5.74, 6) is -1.19. The van der Waals surface area contributed by atoms with Crippen molar-refractivity contribution in [2.75, 3.05) is 7.11 Å². The first-order valence-electron chi connectivity index (χ1n) is 10.7. The van der Waals surface area contributed by atoms with Gasteiger partial charge in [-0.15, -0.1) is 0 Å². The molecule has 2 heterocycles. The second kappa shape index (κ2) is 8.19. The number of hydrogen-bond donors (Lipinski definition) is 1. The fraction of sp³-hybridized carbons (Fsp3) is 0.148. The zero-order valence-electron chi connectivity index (χ0n) is 18.6. The highest BCUT2D eigenvalue weighted by Crippen LogP contribution is 2.45. The number of aromatic hydroxyl groups is 1. The molecule has 5 rings (SSSR count). The third-order valence-corrected chi connectivity index (χ3v) is 6.24. The molecule has 0 radical (unpaired) electrons. The summed E-state index contributed by atoms with van der Waals surface area (Å²) in [4.78, 5) is 38.9. The van der Waals surface area contributed by atoms with Crippen LogP contribution in [0, 0.1) is 0 Å². The van der Waals surface area contributed by atoms with Gasteiger partial charge in [0.05, 0.1) is 24.6 Å². The molecular formula is C27H21NO6. The van der Waals surface area contributed by atoms with Crippen molar-refractivity contribution in [1.82, 2.24) is 4.57 Å². The molecule has 1 aliphatic heterocycles. The van der Waals surface area contributed by atoms with Gasteiger partial charge < -0.3 is 19.1 Å². The third-order valence-electron chi connectivity index (χ3n) is 6.24. The largest absolute Gasteiger partial charge is 0.507 e. The fourth-order valence-corrected chi connectivity index (χ4v) is 4.49. The van der Waals surface area contributed by atoms with Gasteiger partial charge in [-0.25, -0.2) is 0 Å². The number of methoxy groups -OCH3 is 1. The van der Waals surface area contributed by atoms with E-state index in [2.05, 4.69) is 0 Å². The van der Waals surface area contributed by atoms with Crippen LogP contribution in [0.3, 0.4) is 0 Å². The quantitative estimate of drug-likeness (QED) is 0.285. The maximum Gasteiger partial charge on any atom is 0.312 e. The topological polar surface area (TPSA) is 94.8 Å². The first kappa shape index (κ1) is 21.5. The van der Waals surface area contributed by atoms with Gasteiger partial charge in [0.1, 0.15) is 17.2 Å². The van der Waals surface area contributed by atoms with E-state index in [0.29, 0.717) is 22.4 Å². The number of aromatic nitrogens is 1. The number of aryl methyl sites for hydroxylation is 1. The first-order chi connectivity index (χ1) is 16.4. The van der Waals surface area contributed by atoms with Crippen LogP contribution in [-0.2, 0) is 11.8 Å². The Hall–Kier alpha value is -4.39. The Morgan fingerprint density at radius 3 is 2.56 bits per heavy atom. The van der Waals surface area contributed by atoms with Crippen molar-refractivity contribution < 1.29 is 24.2 Å². The molecule has 0 bridgehead atoms. The Balaban J connectivity index is 1.70. The molecule has 1 aliphatic rings. The lowest BCUT2D eigenvalue weighted by Crippen LogP contribution is -2.29. The van der Waals surface area contributed by atoms with Crippen molar-refractivity contribution in [3.8, 4) is 17.2 Å². The number of fused-ring (bicyclic) bond motifs is 2. The summed E-state index contributed by atoms with van der Waals surface area (Å²) in [6.45, 7) is 0. The number of carbonyl (C=O) groups excluding carboxylic acids is 2. The van der Waals surface area contributed by atoms with E-state index in [1.807, 2.05) is 6.07 Å². The SMILES string of the molecule is COc1ccc2cc(C3CC(=O)Oc4ccc(C(=O)c5ccccc5)c(O)c43)c(=O)n(C)c2c1. The monoisotopic (exact) mass is 455 g/mol. The first-order valence-corrected chi connectivity index (χ1v) is 10.7. The van der Waals surface area contributed by atoms with Gasteiger partial charge in [-0.05, 0) is 35.7 Å². The van der Waals surface area contributed by atoms with Gasteiger partial charge >= 0.3 is 5.97 Å². The Kier molecular flexibility index (Phi) is 5.17. The third kappa shape index (κ3) is 3.42. The lowest BCUT2D eigenvalue weighted by atomic mass is 9.84. The Bertz CT molecular complexity index is 1520. The zero-order valence-corrected chi connectivity index (χ0v) is 18.6. The molecule has 7 nitrogen and oxygen atoms in total. The van der Waals surface area contributed by atoms with Crippen LogP contribution in [0.15, 0.2) is 71.5 Å². The van der Waals surface area contributed by atoms with Gasteiger partial charge in [0, 0.05) is 35.7 Å². The molecule has 0 amide bonds. The average molecular weight is 455 g/mol. The van der Waals surface area contributed by atoms with E-state index in [9.17, 15) is 19.5 Å². The van der Waals surface area contributed by atoms with Gasteiger partial charge in [-0.1, -0.05) is 30.3 Å². The van der Waals surface area contributed by atoms with E-state index in [-0.39, 0.29) is 40.4 Å². The molecule has 0 spiro atoms. The van der Waals surface area contributed by atoms with Crippen LogP contribution < -0.4 is 15.0 Å². The minimum Gasteiger partial charge on any atom is -0.507 e. The molecule has 0 fully saturated rings. The fourth-order valence-electron chi connectivity index (χ4n) is 4.49. The van der Waals surface area contributed by atoms with E-state index >= 15 is 0 Å². The maximum atomic E-state index is 13.4.